The molecule has 5 rings (SSSR count). The predicted molar refractivity (Wildman–Crippen MR) is 133 cm³/mol. The molecule has 1 N–H and O–H groups in total. The Labute approximate surface area is 214 Å². The Hall–Kier alpha value is -2.61. The molecule has 0 aliphatic carbocycles. The maximum absolute atomic E-state index is 11.9. The average Bonchev–Trinajstić information content (AvgIpc) is 2.77. The van der Waals surface area contributed by atoms with Gasteiger partial charge in [0.2, 0.25) is 0 Å². The average molecular weight is 464 g/mol. The van der Waals surface area contributed by atoms with Crippen LogP contribution >= 0.6 is 0 Å². The summed E-state index contributed by atoms with van der Waals surface area (Å²) in [5, 5.41) is 1.08. The first-order chi connectivity index (χ1) is 15.3. The number of benzene rings is 4. The summed E-state index contributed by atoms with van der Waals surface area (Å²) < 4.78 is 33.4. The molecule has 7 heteroatoms. The second-order valence-corrected chi connectivity index (χ2v) is 9.34. The van der Waals surface area contributed by atoms with E-state index in [0.717, 1.165) is 27.9 Å². The minimum absolute atomic E-state index is 0. The van der Waals surface area contributed by atoms with Crippen LogP contribution in [0, 0.1) is 13.8 Å². The van der Waals surface area contributed by atoms with Crippen molar-refractivity contribution in [3.8, 4) is 22.5 Å². The number of aryl methyl sites for hydroxylation is 2. The van der Waals surface area contributed by atoms with Gasteiger partial charge in [-0.15, -0.1) is 0 Å². The van der Waals surface area contributed by atoms with Gasteiger partial charge in [0.1, 0.15) is 4.90 Å². The van der Waals surface area contributed by atoms with Crippen molar-refractivity contribution in [2.24, 2.45) is 0 Å². The number of fused-ring (bicyclic) bond motifs is 2. The van der Waals surface area contributed by atoms with Gasteiger partial charge in [-0.05, 0) is 37.4 Å². The van der Waals surface area contributed by atoms with E-state index in [9.17, 15) is 13.0 Å². The summed E-state index contributed by atoms with van der Waals surface area (Å²) in [5.41, 5.74) is 6.84. The normalized spacial score (nSPS) is 11.5. The maximum atomic E-state index is 11.9. The largest absolute Gasteiger partial charge is 0.295 e. The quantitative estimate of drug-likeness (QED) is 0.214. The fourth-order valence-electron chi connectivity index (χ4n) is 3.85. The van der Waals surface area contributed by atoms with Crippen LogP contribution in [0.25, 0.3) is 44.3 Å². The van der Waals surface area contributed by atoms with Gasteiger partial charge in [-0.3, -0.25) is 4.55 Å². The van der Waals surface area contributed by atoms with Gasteiger partial charge < -0.3 is 0 Å². The summed E-state index contributed by atoms with van der Waals surface area (Å²) in [6.45, 7) is 4.06. The molecule has 5 nitrogen and oxygen atoms in total. The molecule has 0 saturated heterocycles. The zero-order valence-electron chi connectivity index (χ0n) is 18.6. The van der Waals surface area contributed by atoms with E-state index in [1.807, 2.05) is 68.4 Å². The molecule has 0 saturated carbocycles. The Morgan fingerprint density at radius 3 is 1.67 bits per heavy atom. The van der Waals surface area contributed by atoms with Gasteiger partial charge in [-0.2, -0.15) is 8.42 Å². The van der Waals surface area contributed by atoms with Crippen LogP contribution in [0.5, 0.6) is 0 Å². The first-order valence-corrected chi connectivity index (χ1v) is 11.6. The van der Waals surface area contributed by atoms with Crippen LogP contribution in [0.1, 0.15) is 11.1 Å². The van der Waals surface area contributed by atoms with Crippen LogP contribution < -0.4 is 0 Å². The van der Waals surface area contributed by atoms with E-state index in [1.165, 1.54) is 6.07 Å². The molecule has 0 atom stereocenters. The van der Waals surface area contributed by atoms with Gasteiger partial charge in [-0.25, -0.2) is 9.97 Å². The van der Waals surface area contributed by atoms with E-state index in [1.54, 1.807) is 18.2 Å². The monoisotopic (exact) mass is 463 g/mol. The molecule has 0 aliphatic rings. The van der Waals surface area contributed by atoms with Crippen molar-refractivity contribution < 1.29 is 13.0 Å². The van der Waals surface area contributed by atoms with E-state index >= 15 is 0 Å². The molecule has 0 unspecified atom stereocenters. The third-order valence-corrected chi connectivity index (χ3v) is 6.46. The molecule has 0 aliphatic heterocycles. The van der Waals surface area contributed by atoms with Crippen molar-refractivity contribution in [1.82, 2.24) is 9.97 Å². The van der Waals surface area contributed by atoms with Crippen LogP contribution in [0.15, 0.2) is 83.8 Å². The van der Waals surface area contributed by atoms with E-state index in [-0.39, 0.29) is 34.5 Å². The molecule has 0 fully saturated rings. The van der Waals surface area contributed by atoms with Gasteiger partial charge in [0.15, 0.2) is 0 Å². The fourth-order valence-corrected chi connectivity index (χ4v) is 4.55. The fraction of sp³-hybridized carbons (Fsp3) is 0.0769. The van der Waals surface area contributed by atoms with Gasteiger partial charge in [0.25, 0.3) is 10.1 Å². The van der Waals surface area contributed by atoms with Crippen LogP contribution in [0.3, 0.4) is 0 Å². The summed E-state index contributed by atoms with van der Waals surface area (Å²) in [5.74, 6) is 0. The van der Waals surface area contributed by atoms with Gasteiger partial charge in [0.05, 0.1) is 22.4 Å². The third kappa shape index (κ3) is 4.58. The second-order valence-electron chi connectivity index (χ2n) is 7.95. The number of aromatic nitrogens is 2. The van der Waals surface area contributed by atoms with E-state index < -0.39 is 10.1 Å². The molecule has 0 spiro atoms. The summed E-state index contributed by atoms with van der Waals surface area (Å²) in [6, 6.07) is 24.5. The summed E-state index contributed by atoms with van der Waals surface area (Å²) in [7, 11) is -4.37. The van der Waals surface area contributed by atoms with E-state index in [2.05, 4.69) is 0 Å². The zero-order valence-corrected chi connectivity index (χ0v) is 21.4. The summed E-state index contributed by atoms with van der Waals surface area (Å²) in [4.78, 5) is 9.71. The van der Waals surface area contributed by atoms with Crippen LogP contribution in [0.2, 0.25) is 0 Å². The number of hydrogen-bond acceptors (Lipinski definition) is 4. The van der Waals surface area contributed by atoms with Crippen molar-refractivity contribution in [3.05, 3.63) is 90.0 Å². The topological polar surface area (TPSA) is 80.2 Å². The van der Waals surface area contributed by atoms with Crippen molar-refractivity contribution in [2.45, 2.75) is 18.7 Å². The Morgan fingerprint density at radius 2 is 1.18 bits per heavy atom. The minimum Gasteiger partial charge on any atom is -0.282 e. The van der Waals surface area contributed by atoms with Crippen LogP contribution in [0.4, 0.5) is 0 Å². The minimum atomic E-state index is -4.37. The Kier molecular flexibility index (Phi) is 6.40. The standard InChI is InChI=1S/C26H20N2O3S.Na/c1-16-6-10-18(11-7-16)25-26(19-12-8-17(2)9-13-19)28-23-15-21-20(14-22(23)27-25)4-3-5-24(21)32(29,30)31;/h3-15H,1-2H3,(H,29,30,31);. The van der Waals surface area contributed by atoms with Crippen LogP contribution in [-0.4, -0.2) is 52.5 Å². The first-order valence-electron chi connectivity index (χ1n) is 10.2. The summed E-state index contributed by atoms with van der Waals surface area (Å²) >= 11 is 0. The molecular weight excluding hydrogens is 443 g/mol. The molecule has 1 radical (unpaired) electrons. The molecule has 0 amide bonds. The molecule has 4 aromatic carbocycles. The smallest absolute Gasteiger partial charge is 0.282 e. The summed E-state index contributed by atoms with van der Waals surface area (Å²) in [6.07, 6.45) is 0. The Morgan fingerprint density at radius 1 is 0.697 bits per heavy atom. The van der Waals surface area contributed by atoms with Crippen molar-refractivity contribution in [1.29, 1.82) is 0 Å². The predicted octanol–water partition coefficient (Wildman–Crippen LogP) is 5.60. The van der Waals surface area contributed by atoms with Gasteiger partial charge in [0, 0.05) is 46.1 Å². The number of hydrogen-bond donors (Lipinski definition) is 1. The second kappa shape index (κ2) is 8.97. The molecule has 1 aromatic heterocycles. The Balaban J connectivity index is 0.00000259. The van der Waals surface area contributed by atoms with E-state index in [0.29, 0.717) is 27.5 Å². The van der Waals surface area contributed by atoms with Crippen molar-refractivity contribution >= 4 is 61.5 Å². The Bertz CT molecular complexity index is 1600. The molecule has 33 heavy (non-hydrogen) atoms. The zero-order chi connectivity index (χ0) is 22.5. The van der Waals surface area contributed by atoms with E-state index in [4.69, 9.17) is 9.97 Å². The SMILES string of the molecule is Cc1ccc(-c2nc3cc4cccc(S(=O)(=O)O)c4cc3nc2-c2ccc(C)cc2)cc1.[Na]. The third-order valence-electron chi connectivity index (χ3n) is 5.55. The van der Waals surface area contributed by atoms with Crippen LogP contribution in [-0.2, 0) is 10.1 Å². The number of nitrogens with zero attached hydrogens (tertiary/aromatic N) is 2. The van der Waals surface area contributed by atoms with Crippen molar-refractivity contribution in [3.63, 3.8) is 0 Å². The number of rotatable bonds is 3. The maximum Gasteiger partial charge on any atom is 0.295 e. The van der Waals surface area contributed by atoms with Crippen molar-refractivity contribution in [2.75, 3.05) is 0 Å². The molecule has 1 heterocycles. The van der Waals surface area contributed by atoms with Gasteiger partial charge >= 0.3 is 0 Å². The molecule has 159 valence electrons. The molecular formula is C26H20N2NaO3S. The molecule has 0 bridgehead atoms. The van der Waals surface area contributed by atoms with Gasteiger partial charge in [-0.1, -0.05) is 71.8 Å². The first kappa shape index (κ1) is 23.5. The molecule has 5 aromatic rings.